The van der Waals surface area contributed by atoms with E-state index in [1.807, 2.05) is 48.7 Å². The lowest BCUT2D eigenvalue weighted by molar-refractivity contribution is -0.0173. The van der Waals surface area contributed by atoms with Crippen molar-refractivity contribution in [2.24, 2.45) is 5.92 Å². The Morgan fingerprint density at radius 1 is 1.09 bits per heavy atom. The molecular formula is C28H30N2O4. The molecule has 0 bridgehead atoms. The molecule has 6 heteroatoms. The maximum atomic E-state index is 13.1. The fraction of sp³-hybridized carbons (Fsp3) is 0.357. The summed E-state index contributed by atoms with van der Waals surface area (Å²) in [6.45, 7) is 6.60. The van der Waals surface area contributed by atoms with E-state index in [2.05, 4.69) is 25.8 Å². The molecule has 0 aliphatic carbocycles. The quantitative estimate of drug-likeness (QED) is 0.504. The van der Waals surface area contributed by atoms with Crippen molar-refractivity contribution in [3.8, 4) is 22.6 Å². The maximum Gasteiger partial charge on any atom is 0.256 e. The molecule has 2 aliphatic heterocycles. The van der Waals surface area contributed by atoms with Gasteiger partial charge in [-0.15, -0.1) is 0 Å². The van der Waals surface area contributed by atoms with Gasteiger partial charge >= 0.3 is 0 Å². The third-order valence-electron chi connectivity index (χ3n) is 6.63. The van der Waals surface area contributed by atoms with Crippen LogP contribution in [0.1, 0.15) is 67.4 Å². The molecule has 5 rings (SSSR count). The summed E-state index contributed by atoms with van der Waals surface area (Å²) in [5, 5.41) is 10.9. The van der Waals surface area contributed by atoms with Crippen LogP contribution in [0.15, 0.2) is 60.9 Å². The molecule has 0 spiro atoms. The summed E-state index contributed by atoms with van der Waals surface area (Å²) in [7, 11) is 0. The molecule has 0 saturated heterocycles. The first-order valence-corrected chi connectivity index (χ1v) is 11.9. The van der Waals surface area contributed by atoms with Gasteiger partial charge < -0.3 is 19.5 Å². The van der Waals surface area contributed by atoms with E-state index in [9.17, 15) is 9.90 Å². The molecule has 3 atom stereocenters. The lowest BCUT2D eigenvalue weighted by Crippen LogP contribution is -2.42. The Hall–Kier alpha value is -3.38. The Balaban J connectivity index is 1.38. The molecule has 0 saturated carbocycles. The van der Waals surface area contributed by atoms with Crippen LogP contribution in [0.4, 0.5) is 0 Å². The Bertz CT molecular complexity index is 1210. The van der Waals surface area contributed by atoms with Crippen LogP contribution < -0.4 is 9.47 Å². The van der Waals surface area contributed by atoms with Gasteiger partial charge in [0.2, 0.25) is 0 Å². The van der Waals surface area contributed by atoms with E-state index in [1.54, 1.807) is 17.2 Å². The van der Waals surface area contributed by atoms with Crippen LogP contribution in [-0.2, 0) is 0 Å². The molecular weight excluding hydrogens is 428 g/mol. The minimum Gasteiger partial charge on any atom is -0.491 e. The van der Waals surface area contributed by atoms with Crippen LogP contribution in [0.25, 0.3) is 11.1 Å². The summed E-state index contributed by atoms with van der Waals surface area (Å²) in [6.07, 6.45) is 4.24. The summed E-state index contributed by atoms with van der Waals surface area (Å²) in [5.74, 6) is 1.65. The minimum atomic E-state index is -0.960. The minimum absolute atomic E-state index is 0.0454. The molecule has 176 valence electrons. The van der Waals surface area contributed by atoms with Crippen molar-refractivity contribution in [2.75, 3.05) is 6.61 Å². The second-order valence-electron chi connectivity index (χ2n) is 9.40. The highest BCUT2D eigenvalue weighted by atomic mass is 16.5. The van der Waals surface area contributed by atoms with Gasteiger partial charge in [0.1, 0.15) is 24.2 Å². The van der Waals surface area contributed by atoms with Gasteiger partial charge in [-0.2, -0.15) is 0 Å². The Morgan fingerprint density at radius 2 is 1.91 bits per heavy atom. The molecule has 1 N–H and O–H groups in total. The number of ether oxygens (including phenoxy) is 2. The Labute approximate surface area is 200 Å². The highest BCUT2D eigenvalue weighted by molar-refractivity contribution is 5.99. The third-order valence-corrected chi connectivity index (χ3v) is 6.63. The number of fused-ring (bicyclic) bond motifs is 4. The predicted octanol–water partition coefficient (Wildman–Crippen LogP) is 5.53. The van der Waals surface area contributed by atoms with Gasteiger partial charge in [-0.05, 0) is 48.6 Å². The number of carbonyl (C=O) groups excluding carboxylic acids is 1. The highest BCUT2D eigenvalue weighted by Crippen LogP contribution is 2.44. The monoisotopic (exact) mass is 458 g/mol. The van der Waals surface area contributed by atoms with Crippen molar-refractivity contribution in [3.05, 3.63) is 77.6 Å². The van der Waals surface area contributed by atoms with Crippen LogP contribution in [0.3, 0.4) is 0 Å². The molecule has 2 aromatic carbocycles. The Kier molecular flexibility index (Phi) is 6.00. The van der Waals surface area contributed by atoms with Gasteiger partial charge in [0, 0.05) is 40.7 Å². The Morgan fingerprint density at radius 3 is 2.68 bits per heavy atom. The molecule has 0 radical (unpaired) electrons. The van der Waals surface area contributed by atoms with Crippen LogP contribution in [0.2, 0.25) is 0 Å². The molecule has 0 fully saturated rings. The topological polar surface area (TPSA) is 71.9 Å². The number of benzene rings is 2. The molecule has 34 heavy (non-hydrogen) atoms. The smallest absolute Gasteiger partial charge is 0.256 e. The van der Waals surface area contributed by atoms with Crippen molar-refractivity contribution in [2.45, 2.75) is 52.0 Å². The van der Waals surface area contributed by atoms with E-state index in [1.165, 1.54) is 0 Å². The van der Waals surface area contributed by atoms with Gasteiger partial charge in [-0.1, -0.05) is 39.0 Å². The van der Waals surface area contributed by atoms with Crippen molar-refractivity contribution in [1.82, 2.24) is 9.88 Å². The van der Waals surface area contributed by atoms with Gasteiger partial charge in [-0.25, -0.2) is 0 Å². The number of aliphatic hydroxyl groups is 1. The van der Waals surface area contributed by atoms with Gasteiger partial charge in [-0.3, -0.25) is 9.78 Å². The van der Waals surface area contributed by atoms with Gasteiger partial charge in [0.25, 0.3) is 5.91 Å². The summed E-state index contributed by atoms with van der Waals surface area (Å²) in [6, 6.07) is 14.9. The van der Waals surface area contributed by atoms with E-state index in [0.29, 0.717) is 22.8 Å². The standard InChI is InChI=1S/C28H30N2O4/c1-4-25-24-15-29-12-11-20(24)21-10-9-19(14-26(21)34-25)33-16-18(13-17(2)3)30-27(31)22-7-5-6-8-23(22)28(30)32/h5-12,14-15,17-18,25,27,31H,4,13,16H2,1-3H3. The van der Waals surface area contributed by atoms with E-state index in [0.717, 1.165) is 35.3 Å². The van der Waals surface area contributed by atoms with Crippen LogP contribution >= 0.6 is 0 Å². The van der Waals surface area contributed by atoms with Crippen LogP contribution in [0.5, 0.6) is 11.5 Å². The fourth-order valence-electron chi connectivity index (χ4n) is 5.02. The number of aromatic nitrogens is 1. The van der Waals surface area contributed by atoms with Crippen molar-refractivity contribution in [3.63, 3.8) is 0 Å². The lowest BCUT2D eigenvalue weighted by Gasteiger charge is -2.32. The number of hydrogen-bond donors (Lipinski definition) is 1. The molecule has 6 nitrogen and oxygen atoms in total. The zero-order chi connectivity index (χ0) is 23.8. The van der Waals surface area contributed by atoms with Gasteiger partial charge in [0.15, 0.2) is 6.23 Å². The normalized spacial score (nSPS) is 19.3. The second kappa shape index (κ2) is 9.11. The predicted molar refractivity (Wildman–Crippen MR) is 130 cm³/mol. The lowest BCUT2D eigenvalue weighted by atomic mass is 9.93. The molecule has 2 aliphatic rings. The highest BCUT2D eigenvalue weighted by Gasteiger charge is 2.40. The first-order valence-electron chi connectivity index (χ1n) is 11.9. The van der Waals surface area contributed by atoms with Gasteiger partial charge in [0.05, 0.1) is 6.04 Å². The van der Waals surface area contributed by atoms with Crippen molar-refractivity contribution >= 4 is 5.91 Å². The summed E-state index contributed by atoms with van der Waals surface area (Å²) in [5.41, 5.74) is 4.47. The van der Waals surface area contributed by atoms with E-state index in [-0.39, 0.29) is 24.7 Å². The zero-order valence-corrected chi connectivity index (χ0v) is 19.8. The largest absolute Gasteiger partial charge is 0.491 e. The number of carbonyl (C=O) groups is 1. The number of rotatable bonds is 7. The molecule has 3 aromatic rings. The first kappa shape index (κ1) is 22.4. The third kappa shape index (κ3) is 3.92. The summed E-state index contributed by atoms with van der Waals surface area (Å²) >= 11 is 0. The number of nitrogens with zero attached hydrogens (tertiary/aromatic N) is 2. The molecule has 3 heterocycles. The van der Waals surface area contributed by atoms with E-state index < -0.39 is 6.23 Å². The summed E-state index contributed by atoms with van der Waals surface area (Å²) in [4.78, 5) is 18.9. The molecule has 3 unspecified atom stereocenters. The zero-order valence-electron chi connectivity index (χ0n) is 19.8. The average Bonchev–Trinajstić information content (AvgIpc) is 3.10. The number of pyridine rings is 1. The van der Waals surface area contributed by atoms with Crippen molar-refractivity contribution in [1.29, 1.82) is 0 Å². The first-order chi connectivity index (χ1) is 16.5. The van der Waals surface area contributed by atoms with Crippen LogP contribution in [-0.4, -0.2) is 33.5 Å². The number of amides is 1. The maximum absolute atomic E-state index is 13.1. The number of aliphatic hydroxyl groups excluding tert-OH is 1. The van der Waals surface area contributed by atoms with E-state index in [4.69, 9.17) is 9.47 Å². The number of hydrogen-bond acceptors (Lipinski definition) is 5. The second-order valence-corrected chi connectivity index (χ2v) is 9.40. The van der Waals surface area contributed by atoms with E-state index >= 15 is 0 Å². The average molecular weight is 459 g/mol. The SMILES string of the molecule is CCC1Oc2cc(OCC(CC(C)C)N3C(=O)c4ccccc4C3O)ccc2-c2ccncc21. The molecule has 1 amide bonds. The summed E-state index contributed by atoms with van der Waals surface area (Å²) < 4.78 is 12.5. The molecule has 1 aromatic heterocycles. The van der Waals surface area contributed by atoms with Crippen LogP contribution in [0, 0.1) is 5.92 Å². The fourth-order valence-corrected chi connectivity index (χ4v) is 5.02. The van der Waals surface area contributed by atoms with Crippen molar-refractivity contribution < 1.29 is 19.4 Å².